The quantitative estimate of drug-likeness (QED) is 0.286. The maximum Gasteiger partial charge on any atom is 1.00 e. The second-order valence-electron chi connectivity index (χ2n) is 1.14. The number of nitrogens with zero attached hydrogens (tertiary/aromatic N) is 4. The smallest absolute Gasteiger partial charge is 1.00 e. The molecule has 0 rings (SSSR count). The Morgan fingerprint density at radius 1 is 0.643 bits per heavy atom. The first-order valence-corrected chi connectivity index (χ1v) is 4.81. The fourth-order valence-electron chi connectivity index (χ4n) is 0.253. The Morgan fingerprint density at radius 3 is 0.786 bits per heavy atom. The summed E-state index contributed by atoms with van der Waals surface area (Å²) in [5.74, 6) is 0. The minimum Gasteiger partial charge on any atom is 1.00 e. The molecular formula is N4NaO8Pd. The van der Waals surface area contributed by atoms with Gasteiger partial charge in [-0.15, -0.1) is 0 Å². The fourth-order valence-corrected chi connectivity index (χ4v) is 1.50. The molecule has 0 aromatic rings. The zero-order chi connectivity index (χ0) is 10.8. The van der Waals surface area contributed by atoms with Crippen LogP contribution in [0.2, 0.25) is 0 Å². The first-order chi connectivity index (χ1) is 5.77. The van der Waals surface area contributed by atoms with Gasteiger partial charge in [0, 0.05) is 0 Å². The van der Waals surface area contributed by atoms with E-state index in [0.717, 1.165) is 0 Å². The van der Waals surface area contributed by atoms with E-state index in [2.05, 4.69) is 0 Å². The third-order valence-electron chi connectivity index (χ3n) is 0.620. The van der Waals surface area contributed by atoms with Crippen molar-refractivity contribution in [3.05, 3.63) is 40.5 Å². The molecule has 0 N–H and O–H groups in total. The molecule has 0 spiro atoms. The van der Waals surface area contributed by atoms with Gasteiger partial charge in [0.05, 0.1) is 0 Å². The molecule has 14 heavy (non-hydrogen) atoms. The van der Waals surface area contributed by atoms with E-state index in [1.165, 1.54) is 0 Å². The van der Waals surface area contributed by atoms with Gasteiger partial charge in [0.25, 0.3) is 0 Å². The maximum absolute atomic E-state index is 9.89. The zero-order valence-electron chi connectivity index (χ0n) is 6.37. The number of hydrogen-bond donors (Lipinski definition) is 0. The van der Waals surface area contributed by atoms with Crippen molar-refractivity contribution in [1.29, 1.82) is 0 Å². The third kappa shape index (κ3) is 2.19. The largest absolute Gasteiger partial charge is 1.00 e. The number of rotatable bonds is 4. The molecule has 14 heteroatoms. The third-order valence-corrected chi connectivity index (χ3v) is 3.67. The van der Waals surface area contributed by atoms with Crippen molar-refractivity contribution < 1.29 is 60.3 Å². The summed E-state index contributed by atoms with van der Waals surface area (Å²) in [5, 5.41) is 39.6. The van der Waals surface area contributed by atoms with Crippen LogP contribution in [0.4, 0.5) is 0 Å². The molecule has 0 aliphatic rings. The van der Waals surface area contributed by atoms with Gasteiger partial charge in [-0.25, -0.2) is 0 Å². The van der Waals surface area contributed by atoms with Crippen LogP contribution in [0.15, 0.2) is 0 Å². The summed E-state index contributed by atoms with van der Waals surface area (Å²) in [7, 11) is 0. The van der Waals surface area contributed by atoms with Crippen molar-refractivity contribution in [1.82, 2.24) is 0 Å². The molecule has 0 bridgehead atoms. The van der Waals surface area contributed by atoms with Crippen LogP contribution >= 0.6 is 0 Å². The molecule has 0 aliphatic carbocycles. The second kappa shape index (κ2) is 5.22. The summed E-state index contributed by atoms with van der Waals surface area (Å²) in [5.41, 5.74) is 0. The molecule has 0 saturated heterocycles. The van der Waals surface area contributed by atoms with E-state index in [-0.39, 0.29) is 29.6 Å². The van der Waals surface area contributed by atoms with Crippen molar-refractivity contribution in [3.8, 4) is 0 Å². The summed E-state index contributed by atoms with van der Waals surface area (Å²) < 4.78 is -8.15. The van der Waals surface area contributed by atoms with Crippen molar-refractivity contribution in [2.24, 2.45) is 0 Å². The maximum atomic E-state index is 9.89. The number of nitro groups is 4. The molecule has 0 heterocycles. The van der Waals surface area contributed by atoms with Gasteiger partial charge in [-0.3, -0.25) is 0 Å². The Bertz CT molecular complexity index is 236. The molecule has 0 aromatic heterocycles. The van der Waals surface area contributed by atoms with Crippen LogP contribution in [0, 0.1) is 40.5 Å². The van der Waals surface area contributed by atoms with Gasteiger partial charge in [-0.1, -0.05) is 0 Å². The Labute approximate surface area is 100 Å². The van der Waals surface area contributed by atoms with Crippen LogP contribution < -0.4 is 29.6 Å². The van der Waals surface area contributed by atoms with Crippen molar-refractivity contribution in [2.45, 2.75) is 0 Å². The van der Waals surface area contributed by atoms with E-state index in [4.69, 9.17) is 0 Å². The van der Waals surface area contributed by atoms with Gasteiger partial charge in [0.2, 0.25) is 0 Å². The molecule has 0 aliphatic heterocycles. The molecular weight excluding hydrogens is 313 g/mol. The van der Waals surface area contributed by atoms with Gasteiger partial charge >= 0.3 is 101 Å². The van der Waals surface area contributed by atoms with Gasteiger partial charge in [-0.2, -0.15) is 0 Å². The van der Waals surface area contributed by atoms with Crippen molar-refractivity contribution >= 4 is 0 Å². The van der Waals surface area contributed by atoms with E-state index in [9.17, 15) is 40.5 Å². The summed E-state index contributed by atoms with van der Waals surface area (Å²) in [4.78, 5) is 39.6. The van der Waals surface area contributed by atoms with Crippen molar-refractivity contribution in [2.75, 3.05) is 0 Å². The Morgan fingerprint density at radius 2 is 0.786 bits per heavy atom. The normalized spacial score (nSPS) is 10.9. The molecule has 79 valence electrons. The summed E-state index contributed by atoms with van der Waals surface area (Å²) in [6.45, 7) is 0. The minimum absolute atomic E-state index is 0. The molecule has 0 fully saturated rings. The summed E-state index contributed by atoms with van der Waals surface area (Å²) >= 11 is -6.34. The van der Waals surface area contributed by atoms with Gasteiger partial charge < -0.3 is 0 Å². The first kappa shape index (κ1) is 15.7. The number of hydrogen-bond acceptors (Lipinski definition) is 8. The summed E-state index contributed by atoms with van der Waals surface area (Å²) in [6.07, 6.45) is 0. The summed E-state index contributed by atoms with van der Waals surface area (Å²) in [6, 6.07) is 0. The van der Waals surface area contributed by atoms with E-state index in [0.29, 0.717) is 0 Å². The van der Waals surface area contributed by atoms with Crippen LogP contribution in [-0.4, -0.2) is 14.2 Å². The molecule has 0 radical (unpaired) electrons. The zero-order valence-corrected chi connectivity index (χ0v) is 9.93. The average molecular weight is 313 g/mol. The second-order valence-corrected chi connectivity index (χ2v) is 5.28. The molecule has 0 unspecified atom stereocenters. The molecule has 0 atom stereocenters. The van der Waals surface area contributed by atoms with E-state index >= 15 is 0 Å². The minimum atomic E-state index is -6.34. The Balaban J connectivity index is 0. The molecule has 0 amide bonds. The Hall–Kier alpha value is -0.738. The standard InChI is InChI=1S/4NO2.Na.Pd/c4*2-1-3;;/q;;;;+1;-1. The van der Waals surface area contributed by atoms with Gasteiger partial charge in [-0.05, 0) is 0 Å². The SMILES string of the molecule is O=[N+]([O-])[Pd-]([N+](=O)[O-])([N+](=O)[O-])[N+](=O)[O-].[Na+]. The van der Waals surface area contributed by atoms with E-state index in [1.807, 2.05) is 0 Å². The monoisotopic (exact) mass is 313 g/mol. The molecule has 0 saturated carbocycles. The molecule has 0 aromatic carbocycles. The Kier molecular flexibility index (Phi) is 5.86. The van der Waals surface area contributed by atoms with E-state index < -0.39 is 30.7 Å². The predicted molar refractivity (Wildman–Crippen MR) is 28.0 cm³/mol. The van der Waals surface area contributed by atoms with Crippen LogP contribution in [0.25, 0.3) is 0 Å². The van der Waals surface area contributed by atoms with Crippen LogP contribution in [0.3, 0.4) is 0 Å². The molecule has 12 nitrogen and oxygen atoms in total. The van der Waals surface area contributed by atoms with Crippen LogP contribution in [0.5, 0.6) is 0 Å². The fraction of sp³-hybridized carbons (Fsp3) is 0. The average Bonchev–Trinajstić information content (AvgIpc) is 1.82. The predicted octanol–water partition coefficient (Wildman–Crippen LogP) is -4.09. The van der Waals surface area contributed by atoms with Crippen molar-refractivity contribution in [3.63, 3.8) is 0 Å². The van der Waals surface area contributed by atoms with Crippen LogP contribution in [0.1, 0.15) is 0 Å². The van der Waals surface area contributed by atoms with Gasteiger partial charge in [0.1, 0.15) is 0 Å². The first-order valence-electron chi connectivity index (χ1n) is 2.03. The van der Waals surface area contributed by atoms with Gasteiger partial charge in [0.15, 0.2) is 0 Å². The topological polar surface area (TPSA) is 173 Å². The van der Waals surface area contributed by atoms with Crippen LogP contribution in [-0.2, 0) is 16.5 Å². The van der Waals surface area contributed by atoms with E-state index in [1.54, 1.807) is 0 Å².